The number of carbonyl (C=O) groups is 1. The number of alkyl halides is 3. The van der Waals surface area contributed by atoms with Crippen molar-refractivity contribution in [2.45, 2.75) is 6.18 Å². The van der Waals surface area contributed by atoms with Crippen LogP contribution >= 0.6 is 0 Å². The molecular weight excluding hydrogens is 295 g/mol. The first kappa shape index (κ1) is 14.1. The molecule has 0 aliphatic rings. The van der Waals surface area contributed by atoms with Crippen LogP contribution in [0.5, 0.6) is 0 Å². The molecule has 0 atom stereocenters. The Labute approximate surface area is 123 Å². The number of para-hydroxylation sites is 2. The third-order valence-electron chi connectivity index (χ3n) is 3.17. The molecule has 0 radical (unpaired) electrons. The van der Waals surface area contributed by atoms with Gasteiger partial charge in [-0.1, -0.05) is 12.1 Å². The lowest BCUT2D eigenvalue weighted by molar-refractivity contribution is -0.145. The van der Waals surface area contributed by atoms with Gasteiger partial charge in [0.1, 0.15) is 0 Å². The van der Waals surface area contributed by atoms with Crippen LogP contribution in [0.4, 0.5) is 18.9 Å². The van der Waals surface area contributed by atoms with Crippen LogP contribution in [-0.4, -0.2) is 16.0 Å². The monoisotopic (exact) mass is 305 g/mol. The Balaban J connectivity index is 2.21. The Kier molecular flexibility index (Phi) is 3.32. The lowest BCUT2D eigenvalue weighted by atomic mass is 10.2. The number of fused-ring (bicyclic) bond motifs is 1. The van der Waals surface area contributed by atoms with E-state index in [0.29, 0.717) is 23.3 Å². The number of anilines is 1. The van der Waals surface area contributed by atoms with Gasteiger partial charge >= 0.3 is 6.18 Å². The molecule has 4 nitrogen and oxygen atoms in total. The van der Waals surface area contributed by atoms with Crippen LogP contribution in [0.2, 0.25) is 0 Å². The molecule has 1 amide bonds. The van der Waals surface area contributed by atoms with Crippen molar-refractivity contribution in [2.24, 2.45) is 0 Å². The quantitative estimate of drug-likeness (QED) is 0.751. The van der Waals surface area contributed by atoms with Crippen LogP contribution in [-0.2, 0) is 11.0 Å². The summed E-state index contributed by atoms with van der Waals surface area (Å²) in [6, 6.07) is 12.4. The zero-order valence-electron chi connectivity index (χ0n) is 11.1. The van der Waals surface area contributed by atoms with E-state index in [2.05, 4.69) is 10.3 Å². The fourth-order valence-electron chi connectivity index (χ4n) is 2.25. The minimum absolute atomic E-state index is 0.268. The summed E-state index contributed by atoms with van der Waals surface area (Å²) in [6.45, 7) is 0. The molecule has 2 aromatic carbocycles. The highest BCUT2D eigenvalue weighted by Crippen LogP contribution is 2.33. The summed E-state index contributed by atoms with van der Waals surface area (Å²) in [7, 11) is 0. The van der Waals surface area contributed by atoms with Gasteiger partial charge in [0.15, 0.2) is 0 Å². The molecule has 0 aliphatic carbocycles. The van der Waals surface area contributed by atoms with Crippen molar-refractivity contribution in [3.8, 4) is 5.69 Å². The number of nitrogens with zero attached hydrogens (tertiary/aromatic N) is 2. The molecule has 3 rings (SSSR count). The molecule has 0 fully saturated rings. The Hall–Kier alpha value is -2.83. The van der Waals surface area contributed by atoms with Crippen molar-refractivity contribution in [2.75, 3.05) is 5.32 Å². The second-order valence-electron chi connectivity index (χ2n) is 4.57. The van der Waals surface area contributed by atoms with Crippen molar-refractivity contribution in [3.05, 3.63) is 54.4 Å². The number of benzene rings is 2. The highest BCUT2D eigenvalue weighted by Gasteiger charge is 2.38. The van der Waals surface area contributed by atoms with Crippen molar-refractivity contribution in [1.82, 2.24) is 9.55 Å². The topological polar surface area (TPSA) is 46.9 Å². The normalized spacial score (nSPS) is 11.6. The molecular formula is C15H10F3N3O. The zero-order valence-corrected chi connectivity index (χ0v) is 11.1. The van der Waals surface area contributed by atoms with Gasteiger partial charge in [-0.2, -0.15) is 13.2 Å². The van der Waals surface area contributed by atoms with Crippen molar-refractivity contribution < 1.29 is 18.0 Å². The number of halogens is 3. The van der Waals surface area contributed by atoms with Crippen LogP contribution in [0.25, 0.3) is 16.7 Å². The summed E-state index contributed by atoms with van der Waals surface area (Å²) in [5.74, 6) is -0.982. The minimum Gasteiger partial charge on any atom is -0.329 e. The second kappa shape index (κ2) is 5.18. The molecule has 0 saturated carbocycles. The molecule has 112 valence electrons. The summed E-state index contributed by atoms with van der Waals surface area (Å²) in [5.41, 5.74) is 1.45. The highest BCUT2D eigenvalue weighted by atomic mass is 19.4. The van der Waals surface area contributed by atoms with Crippen molar-refractivity contribution in [3.63, 3.8) is 0 Å². The van der Waals surface area contributed by atoms with Gasteiger partial charge in [-0.05, 0) is 36.4 Å². The number of hydrogen-bond acceptors (Lipinski definition) is 2. The van der Waals surface area contributed by atoms with E-state index in [4.69, 9.17) is 0 Å². The van der Waals surface area contributed by atoms with Crippen molar-refractivity contribution in [1.29, 1.82) is 0 Å². The largest absolute Gasteiger partial charge is 0.450 e. The van der Waals surface area contributed by atoms with E-state index in [-0.39, 0.29) is 5.52 Å². The third kappa shape index (κ3) is 2.41. The molecule has 22 heavy (non-hydrogen) atoms. The molecule has 0 unspecified atom stereocenters. The zero-order chi connectivity index (χ0) is 15.7. The number of hydrogen-bond donors (Lipinski definition) is 1. The van der Waals surface area contributed by atoms with E-state index in [1.54, 1.807) is 18.2 Å². The molecule has 1 N–H and O–H groups in total. The fourth-order valence-corrected chi connectivity index (χ4v) is 2.25. The molecule has 0 bridgehead atoms. The number of amides is 1. The van der Waals surface area contributed by atoms with Crippen LogP contribution in [0.3, 0.4) is 0 Å². The van der Waals surface area contributed by atoms with E-state index in [0.717, 1.165) is 4.57 Å². The van der Waals surface area contributed by atoms with E-state index < -0.39 is 12.0 Å². The van der Waals surface area contributed by atoms with E-state index in [1.807, 2.05) is 0 Å². The Morgan fingerprint density at radius 3 is 2.36 bits per heavy atom. The molecule has 3 aromatic rings. The Morgan fingerprint density at radius 1 is 1.05 bits per heavy atom. The number of nitrogens with one attached hydrogen (secondary N) is 1. The molecule has 7 heteroatoms. The lowest BCUT2D eigenvalue weighted by Crippen LogP contribution is -2.13. The lowest BCUT2D eigenvalue weighted by Gasteiger charge is -2.12. The summed E-state index contributed by atoms with van der Waals surface area (Å²) in [5, 5.41) is 2.43. The van der Waals surface area contributed by atoms with Gasteiger partial charge in [-0.25, -0.2) is 4.98 Å². The predicted octanol–water partition coefficient (Wildman–Crippen LogP) is 3.61. The second-order valence-corrected chi connectivity index (χ2v) is 4.57. The average Bonchev–Trinajstić information content (AvgIpc) is 2.88. The number of aromatic nitrogens is 2. The standard InChI is InChI=1S/C15H10F3N3O/c16-15(17,18)14-20-12-3-1-2-4-13(12)21(14)11-7-5-10(6-8-11)19-9-22/h1-9H,(H,19,22). The smallest absolute Gasteiger partial charge is 0.329 e. The van der Waals surface area contributed by atoms with E-state index in [1.165, 1.54) is 30.3 Å². The highest BCUT2D eigenvalue weighted by molar-refractivity contribution is 5.79. The van der Waals surface area contributed by atoms with Gasteiger partial charge in [0.05, 0.1) is 11.0 Å². The molecule has 1 aromatic heterocycles. The average molecular weight is 305 g/mol. The summed E-state index contributed by atoms with van der Waals surface area (Å²) < 4.78 is 40.7. The van der Waals surface area contributed by atoms with Crippen LogP contribution < -0.4 is 5.32 Å². The third-order valence-corrected chi connectivity index (χ3v) is 3.17. The van der Waals surface area contributed by atoms with Crippen LogP contribution in [0.15, 0.2) is 48.5 Å². The molecule has 0 saturated heterocycles. The molecule has 0 aliphatic heterocycles. The van der Waals surface area contributed by atoms with Gasteiger partial charge in [0.2, 0.25) is 12.2 Å². The SMILES string of the molecule is O=CNc1ccc(-n2c(C(F)(F)F)nc3ccccc32)cc1. The van der Waals surface area contributed by atoms with Gasteiger partial charge in [0, 0.05) is 11.4 Å². The summed E-state index contributed by atoms with van der Waals surface area (Å²) >= 11 is 0. The molecule has 0 spiro atoms. The Bertz CT molecular complexity index is 822. The van der Waals surface area contributed by atoms with Crippen LogP contribution in [0.1, 0.15) is 5.82 Å². The van der Waals surface area contributed by atoms with E-state index >= 15 is 0 Å². The first-order chi connectivity index (χ1) is 10.5. The van der Waals surface area contributed by atoms with Gasteiger partial charge in [-0.3, -0.25) is 9.36 Å². The first-order valence-electron chi connectivity index (χ1n) is 6.36. The predicted molar refractivity (Wildman–Crippen MR) is 75.8 cm³/mol. The minimum atomic E-state index is -4.57. The maximum absolute atomic E-state index is 13.2. The number of carbonyl (C=O) groups excluding carboxylic acids is 1. The fraction of sp³-hybridized carbons (Fsp3) is 0.0667. The number of imidazole rings is 1. The first-order valence-corrected chi connectivity index (χ1v) is 6.36. The number of rotatable bonds is 3. The maximum Gasteiger partial charge on any atom is 0.450 e. The van der Waals surface area contributed by atoms with Gasteiger partial charge in [0.25, 0.3) is 0 Å². The van der Waals surface area contributed by atoms with Gasteiger partial charge in [-0.15, -0.1) is 0 Å². The maximum atomic E-state index is 13.2. The molecule has 1 heterocycles. The van der Waals surface area contributed by atoms with Crippen LogP contribution in [0, 0.1) is 0 Å². The summed E-state index contributed by atoms with van der Waals surface area (Å²) in [6.07, 6.45) is -4.07. The summed E-state index contributed by atoms with van der Waals surface area (Å²) in [4.78, 5) is 14.1. The van der Waals surface area contributed by atoms with Crippen molar-refractivity contribution >= 4 is 23.1 Å². The van der Waals surface area contributed by atoms with E-state index in [9.17, 15) is 18.0 Å². The van der Waals surface area contributed by atoms with Gasteiger partial charge < -0.3 is 5.32 Å². The Morgan fingerprint density at radius 2 is 1.73 bits per heavy atom.